The Morgan fingerprint density at radius 1 is 1.25 bits per heavy atom. The van der Waals surface area contributed by atoms with Crippen LogP contribution in [0.5, 0.6) is 0 Å². The predicted molar refractivity (Wildman–Crippen MR) is 81.5 cm³/mol. The Kier molecular flexibility index (Phi) is 6.68. The lowest BCUT2D eigenvalue weighted by Crippen LogP contribution is -2.40. The van der Waals surface area contributed by atoms with Crippen LogP contribution in [-0.4, -0.2) is 30.2 Å². The summed E-state index contributed by atoms with van der Waals surface area (Å²) in [6, 6.07) is 7.78. The molecule has 0 heterocycles. The van der Waals surface area contributed by atoms with Gasteiger partial charge in [-0.05, 0) is 30.4 Å². The lowest BCUT2D eigenvalue weighted by Gasteiger charge is -2.15. The van der Waals surface area contributed by atoms with Gasteiger partial charge in [-0.3, -0.25) is 4.79 Å². The van der Waals surface area contributed by atoms with Gasteiger partial charge in [-0.15, -0.1) is 0 Å². The van der Waals surface area contributed by atoms with Crippen LogP contribution < -0.4 is 11.1 Å². The molecule has 0 spiro atoms. The second kappa shape index (κ2) is 8.02. The van der Waals surface area contributed by atoms with Crippen molar-refractivity contribution in [2.24, 2.45) is 11.7 Å². The molecule has 4 nitrogen and oxygen atoms in total. The molecular formula is C16H26N2O2. The number of benzene rings is 1. The van der Waals surface area contributed by atoms with E-state index in [0.717, 1.165) is 12.0 Å². The number of carbonyl (C=O) groups excluding carboxylic acids is 1. The van der Waals surface area contributed by atoms with E-state index in [9.17, 15) is 4.79 Å². The van der Waals surface area contributed by atoms with Crippen LogP contribution in [0.15, 0.2) is 24.3 Å². The maximum Gasteiger partial charge on any atom is 0.227 e. The van der Waals surface area contributed by atoms with Gasteiger partial charge in [-0.25, -0.2) is 0 Å². The molecule has 2 unspecified atom stereocenters. The van der Waals surface area contributed by atoms with E-state index < -0.39 is 6.04 Å². The maximum atomic E-state index is 12.0. The van der Waals surface area contributed by atoms with Gasteiger partial charge in [-0.2, -0.15) is 0 Å². The molecular weight excluding hydrogens is 252 g/mol. The van der Waals surface area contributed by atoms with Crippen molar-refractivity contribution in [1.82, 2.24) is 5.32 Å². The van der Waals surface area contributed by atoms with Crippen molar-refractivity contribution in [1.29, 1.82) is 0 Å². The first-order valence-corrected chi connectivity index (χ1v) is 7.17. The van der Waals surface area contributed by atoms with Gasteiger partial charge in [-0.1, -0.05) is 38.1 Å². The zero-order chi connectivity index (χ0) is 15.1. The van der Waals surface area contributed by atoms with Gasteiger partial charge in [0.1, 0.15) is 0 Å². The molecule has 1 aromatic rings. The zero-order valence-electron chi connectivity index (χ0n) is 12.6. The summed E-state index contributed by atoms with van der Waals surface area (Å²) in [7, 11) is 0. The van der Waals surface area contributed by atoms with E-state index in [-0.39, 0.29) is 18.4 Å². The van der Waals surface area contributed by atoms with Crippen LogP contribution in [0.3, 0.4) is 0 Å². The Morgan fingerprint density at radius 3 is 2.35 bits per heavy atom. The minimum Gasteiger partial charge on any atom is -0.395 e. The van der Waals surface area contributed by atoms with E-state index in [2.05, 4.69) is 31.3 Å². The van der Waals surface area contributed by atoms with Crippen LogP contribution in [0.25, 0.3) is 0 Å². The second-order valence-electron chi connectivity index (χ2n) is 5.75. The third-order valence-corrected chi connectivity index (χ3v) is 3.29. The number of nitrogens with one attached hydrogen (secondary N) is 1. The summed E-state index contributed by atoms with van der Waals surface area (Å²) in [5.41, 5.74) is 7.85. The van der Waals surface area contributed by atoms with Crippen LogP contribution in [0.4, 0.5) is 0 Å². The van der Waals surface area contributed by atoms with Gasteiger partial charge in [0.05, 0.1) is 12.5 Å². The molecule has 0 fully saturated rings. The van der Waals surface area contributed by atoms with Gasteiger partial charge in [0.2, 0.25) is 5.91 Å². The molecule has 0 aromatic heterocycles. The topological polar surface area (TPSA) is 75.4 Å². The molecule has 4 N–H and O–H groups in total. The van der Waals surface area contributed by atoms with Crippen molar-refractivity contribution in [2.45, 2.75) is 39.2 Å². The molecule has 1 aromatic carbocycles. The van der Waals surface area contributed by atoms with E-state index in [1.807, 2.05) is 19.1 Å². The van der Waals surface area contributed by atoms with Gasteiger partial charge in [0.25, 0.3) is 0 Å². The van der Waals surface area contributed by atoms with Crippen molar-refractivity contribution >= 4 is 5.91 Å². The molecule has 0 aliphatic heterocycles. The Balaban J connectivity index is 2.58. The van der Waals surface area contributed by atoms with Gasteiger partial charge >= 0.3 is 0 Å². The molecule has 20 heavy (non-hydrogen) atoms. The maximum absolute atomic E-state index is 12.0. The highest BCUT2D eigenvalue weighted by Crippen LogP contribution is 2.17. The molecule has 0 saturated carbocycles. The number of hydrogen-bond acceptors (Lipinski definition) is 3. The largest absolute Gasteiger partial charge is 0.395 e. The fourth-order valence-electron chi connectivity index (χ4n) is 2.01. The van der Waals surface area contributed by atoms with Crippen molar-refractivity contribution in [2.75, 3.05) is 13.2 Å². The van der Waals surface area contributed by atoms with Crippen molar-refractivity contribution < 1.29 is 9.90 Å². The lowest BCUT2D eigenvalue weighted by molar-refractivity contribution is -0.122. The second-order valence-corrected chi connectivity index (χ2v) is 5.75. The minimum absolute atomic E-state index is 0.0643. The standard InChI is InChI=1S/C16H26N2O2/c1-11(2)8-13-4-6-14(7-5-13)12(3)16(20)18-9-15(17)10-19/h4-7,11-12,15,19H,8-10,17H2,1-3H3,(H,18,20). The Bertz CT molecular complexity index is 415. The average molecular weight is 278 g/mol. The summed E-state index contributed by atoms with van der Waals surface area (Å²) < 4.78 is 0. The smallest absolute Gasteiger partial charge is 0.227 e. The molecule has 0 aliphatic carbocycles. The van der Waals surface area contributed by atoms with Gasteiger partial charge in [0, 0.05) is 12.6 Å². The summed E-state index contributed by atoms with van der Waals surface area (Å²) in [6.45, 7) is 6.42. The van der Waals surface area contributed by atoms with E-state index >= 15 is 0 Å². The Labute approximate surface area is 121 Å². The first-order valence-electron chi connectivity index (χ1n) is 7.17. The van der Waals surface area contributed by atoms with Crippen LogP contribution in [0, 0.1) is 5.92 Å². The normalized spacial score (nSPS) is 14.1. The number of carbonyl (C=O) groups is 1. The highest BCUT2D eigenvalue weighted by Gasteiger charge is 2.15. The molecule has 4 heteroatoms. The van der Waals surface area contributed by atoms with Crippen molar-refractivity contribution in [3.63, 3.8) is 0 Å². The average Bonchev–Trinajstić information content (AvgIpc) is 2.43. The molecule has 0 saturated heterocycles. The fraction of sp³-hybridized carbons (Fsp3) is 0.562. The van der Waals surface area contributed by atoms with Crippen molar-refractivity contribution in [3.05, 3.63) is 35.4 Å². The molecule has 0 bridgehead atoms. The fourth-order valence-corrected chi connectivity index (χ4v) is 2.01. The molecule has 112 valence electrons. The minimum atomic E-state index is -0.403. The third kappa shape index (κ3) is 5.31. The van der Waals surface area contributed by atoms with Gasteiger partial charge < -0.3 is 16.2 Å². The van der Waals surface area contributed by atoms with Gasteiger partial charge in [0.15, 0.2) is 0 Å². The number of aliphatic hydroxyl groups is 1. The van der Waals surface area contributed by atoms with E-state index in [0.29, 0.717) is 12.5 Å². The monoisotopic (exact) mass is 278 g/mol. The van der Waals surface area contributed by atoms with E-state index in [1.165, 1.54) is 5.56 Å². The number of rotatable bonds is 7. The highest BCUT2D eigenvalue weighted by molar-refractivity contribution is 5.83. The number of amides is 1. The Hall–Kier alpha value is -1.39. The highest BCUT2D eigenvalue weighted by atomic mass is 16.3. The summed E-state index contributed by atoms with van der Waals surface area (Å²) in [6.07, 6.45) is 1.05. The van der Waals surface area contributed by atoms with Crippen LogP contribution in [0.1, 0.15) is 37.8 Å². The summed E-state index contributed by atoms with van der Waals surface area (Å²) in [5.74, 6) is 0.348. The number of nitrogens with two attached hydrogens (primary N) is 1. The molecule has 1 amide bonds. The lowest BCUT2D eigenvalue weighted by atomic mass is 9.96. The summed E-state index contributed by atoms with van der Waals surface area (Å²) in [5, 5.41) is 11.6. The van der Waals surface area contributed by atoms with Crippen LogP contribution in [-0.2, 0) is 11.2 Å². The molecule has 0 radical (unpaired) electrons. The quantitative estimate of drug-likeness (QED) is 0.706. The SMILES string of the molecule is CC(C)Cc1ccc(C(C)C(=O)NCC(N)CO)cc1. The first kappa shape index (κ1) is 16.7. The number of aliphatic hydroxyl groups excluding tert-OH is 1. The number of hydrogen-bond donors (Lipinski definition) is 3. The Morgan fingerprint density at radius 2 is 1.85 bits per heavy atom. The van der Waals surface area contributed by atoms with E-state index in [1.54, 1.807) is 0 Å². The zero-order valence-corrected chi connectivity index (χ0v) is 12.6. The van der Waals surface area contributed by atoms with Crippen LogP contribution in [0.2, 0.25) is 0 Å². The van der Waals surface area contributed by atoms with E-state index in [4.69, 9.17) is 10.8 Å². The summed E-state index contributed by atoms with van der Waals surface area (Å²) >= 11 is 0. The van der Waals surface area contributed by atoms with Crippen molar-refractivity contribution in [3.8, 4) is 0 Å². The van der Waals surface area contributed by atoms with Crippen LogP contribution >= 0.6 is 0 Å². The summed E-state index contributed by atoms with van der Waals surface area (Å²) in [4.78, 5) is 12.0. The first-order chi connectivity index (χ1) is 9.43. The molecule has 0 aliphatic rings. The molecule has 1 rings (SSSR count). The third-order valence-electron chi connectivity index (χ3n) is 3.29. The predicted octanol–water partition coefficient (Wildman–Crippen LogP) is 1.42. The molecule has 2 atom stereocenters.